The minimum Gasteiger partial charge on any atom is -0.444 e. The second-order valence-corrected chi connectivity index (χ2v) is 8.65. The Labute approximate surface area is 176 Å². The van der Waals surface area contributed by atoms with Crippen LogP contribution in [-0.2, 0) is 16.1 Å². The molecule has 0 radical (unpaired) electrons. The van der Waals surface area contributed by atoms with Crippen molar-refractivity contribution in [3.63, 3.8) is 0 Å². The first-order valence-electron chi connectivity index (χ1n) is 10.1. The van der Waals surface area contributed by atoms with Crippen LogP contribution in [0.1, 0.15) is 52.6 Å². The van der Waals surface area contributed by atoms with E-state index in [1.165, 1.54) is 0 Å². The quantitative estimate of drug-likeness (QED) is 0.795. The van der Waals surface area contributed by atoms with Crippen LogP contribution in [0.4, 0.5) is 10.5 Å². The zero-order valence-corrected chi connectivity index (χ0v) is 18.2. The highest BCUT2D eigenvalue weighted by Gasteiger charge is 2.30. The third-order valence-electron chi connectivity index (χ3n) is 4.91. The van der Waals surface area contributed by atoms with E-state index in [0.717, 1.165) is 16.8 Å². The van der Waals surface area contributed by atoms with Crippen molar-refractivity contribution in [3.05, 3.63) is 30.0 Å². The molecule has 0 aliphatic carbocycles. The first-order chi connectivity index (χ1) is 14.0. The molecule has 9 nitrogen and oxygen atoms in total. The van der Waals surface area contributed by atoms with Crippen LogP contribution < -0.4 is 16.0 Å². The van der Waals surface area contributed by atoms with Crippen LogP contribution in [-0.4, -0.2) is 45.2 Å². The minimum atomic E-state index is -0.534. The Morgan fingerprint density at radius 1 is 1.33 bits per heavy atom. The van der Waals surface area contributed by atoms with Gasteiger partial charge in [-0.2, -0.15) is 0 Å². The predicted molar refractivity (Wildman–Crippen MR) is 114 cm³/mol. The molecule has 3 N–H and O–H groups in total. The third kappa shape index (κ3) is 4.96. The van der Waals surface area contributed by atoms with Crippen molar-refractivity contribution in [2.75, 3.05) is 11.4 Å². The molecule has 2 atom stereocenters. The fourth-order valence-corrected chi connectivity index (χ4v) is 3.67. The van der Waals surface area contributed by atoms with Crippen molar-refractivity contribution < 1.29 is 14.3 Å². The highest BCUT2D eigenvalue weighted by molar-refractivity contribution is 5.94. The number of aromatic nitrogens is 3. The van der Waals surface area contributed by atoms with Crippen LogP contribution in [0.15, 0.2) is 24.4 Å². The lowest BCUT2D eigenvalue weighted by Crippen LogP contribution is -2.43. The van der Waals surface area contributed by atoms with E-state index < -0.39 is 11.7 Å². The molecule has 0 saturated carbocycles. The molecule has 2 aromatic rings. The molecule has 0 bridgehead atoms. The third-order valence-corrected chi connectivity index (χ3v) is 4.91. The number of carbonyl (C=O) groups is 2. The first kappa shape index (κ1) is 21.8. The Morgan fingerprint density at radius 3 is 2.73 bits per heavy atom. The number of benzene rings is 1. The zero-order valence-electron chi connectivity index (χ0n) is 18.2. The predicted octanol–water partition coefficient (Wildman–Crippen LogP) is 2.61. The van der Waals surface area contributed by atoms with Crippen LogP contribution in [0.2, 0.25) is 0 Å². The van der Waals surface area contributed by atoms with Gasteiger partial charge >= 0.3 is 6.09 Å². The van der Waals surface area contributed by atoms with Gasteiger partial charge in [0.25, 0.3) is 0 Å². The van der Waals surface area contributed by atoms with E-state index in [4.69, 9.17) is 10.5 Å². The monoisotopic (exact) mass is 414 g/mol. The fourth-order valence-electron chi connectivity index (χ4n) is 3.67. The van der Waals surface area contributed by atoms with E-state index in [1.54, 1.807) is 16.5 Å². The Balaban J connectivity index is 1.70. The van der Waals surface area contributed by atoms with E-state index >= 15 is 0 Å². The number of ether oxygens (including phenoxy) is 1. The fraction of sp³-hybridized carbons (Fsp3) is 0.524. The molecule has 0 spiro atoms. The van der Waals surface area contributed by atoms with Gasteiger partial charge in [-0.25, -0.2) is 4.79 Å². The highest BCUT2D eigenvalue weighted by Crippen LogP contribution is 2.38. The number of fused-ring (bicyclic) bond motifs is 1. The maximum Gasteiger partial charge on any atom is 0.407 e. The normalized spacial score (nSPS) is 18.7. The molecular formula is C21H30N6O3. The average molecular weight is 415 g/mol. The average Bonchev–Trinajstić information content (AvgIpc) is 3.08. The van der Waals surface area contributed by atoms with Crippen LogP contribution in [0, 0.1) is 0 Å². The molecule has 2 heterocycles. The Morgan fingerprint density at radius 2 is 2.07 bits per heavy atom. The van der Waals surface area contributed by atoms with E-state index in [-0.39, 0.29) is 18.0 Å². The van der Waals surface area contributed by atoms with Gasteiger partial charge in [0.1, 0.15) is 11.3 Å². The van der Waals surface area contributed by atoms with Gasteiger partial charge in [0, 0.05) is 36.8 Å². The van der Waals surface area contributed by atoms with Gasteiger partial charge in [0.2, 0.25) is 5.91 Å². The van der Waals surface area contributed by atoms with Gasteiger partial charge in [-0.05, 0) is 51.8 Å². The SMILES string of the molecule is CC(=O)N1c2ccc(-c3cn(CCNC(=O)OC(C)(C)C)nn3)cc2[C@H](N)C[C@@H]1C. The maximum atomic E-state index is 12.1. The summed E-state index contributed by atoms with van der Waals surface area (Å²) in [5.74, 6) is 0.00633. The lowest BCUT2D eigenvalue weighted by atomic mass is 9.90. The van der Waals surface area contributed by atoms with Crippen molar-refractivity contribution in [1.29, 1.82) is 0 Å². The second-order valence-electron chi connectivity index (χ2n) is 8.65. The molecule has 162 valence electrons. The van der Waals surface area contributed by atoms with Gasteiger partial charge in [-0.15, -0.1) is 5.10 Å². The Bertz CT molecular complexity index is 933. The summed E-state index contributed by atoms with van der Waals surface area (Å²) in [4.78, 5) is 25.6. The lowest BCUT2D eigenvalue weighted by molar-refractivity contribution is -0.117. The summed E-state index contributed by atoms with van der Waals surface area (Å²) >= 11 is 0. The molecule has 1 aromatic carbocycles. The number of alkyl carbamates (subject to hydrolysis) is 1. The summed E-state index contributed by atoms with van der Waals surface area (Å²) in [5.41, 5.74) is 9.20. The van der Waals surface area contributed by atoms with Crippen LogP contribution in [0.3, 0.4) is 0 Å². The summed E-state index contributed by atoms with van der Waals surface area (Å²) in [5, 5.41) is 11.1. The molecule has 1 aromatic heterocycles. The van der Waals surface area contributed by atoms with Crippen LogP contribution >= 0.6 is 0 Å². The van der Waals surface area contributed by atoms with Crippen molar-refractivity contribution in [1.82, 2.24) is 20.3 Å². The Hall–Kier alpha value is -2.94. The maximum absolute atomic E-state index is 12.1. The summed E-state index contributed by atoms with van der Waals surface area (Å²) < 4.78 is 6.87. The molecule has 0 saturated heterocycles. The summed E-state index contributed by atoms with van der Waals surface area (Å²) in [6, 6.07) is 5.75. The zero-order chi connectivity index (χ0) is 22.1. The Kier molecular flexibility index (Phi) is 6.12. The highest BCUT2D eigenvalue weighted by atomic mass is 16.6. The van der Waals surface area contributed by atoms with Crippen molar-refractivity contribution in [2.24, 2.45) is 5.73 Å². The van der Waals surface area contributed by atoms with Crippen molar-refractivity contribution in [2.45, 2.75) is 65.3 Å². The van der Waals surface area contributed by atoms with Gasteiger partial charge in [0.15, 0.2) is 0 Å². The largest absolute Gasteiger partial charge is 0.444 e. The number of carbonyl (C=O) groups excluding carboxylic acids is 2. The number of nitrogens with one attached hydrogen (secondary N) is 1. The van der Waals surface area contributed by atoms with E-state index in [9.17, 15) is 9.59 Å². The standard InChI is InChI=1S/C21H30N6O3/c1-13-10-17(22)16-11-15(6-7-19(16)27(13)14(2)28)18-12-26(25-24-18)9-8-23-20(29)30-21(3,4)5/h6-7,11-13,17H,8-10,22H2,1-5H3,(H,23,29)/t13-,17+/m0/s1. The second kappa shape index (κ2) is 8.43. The van der Waals surface area contributed by atoms with Gasteiger partial charge in [-0.1, -0.05) is 11.3 Å². The van der Waals surface area contributed by atoms with Crippen LogP contribution in [0.5, 0.6) is 0 Å². The smallest absolute Gasteiger partial charge is 0.407 e. The summed E-state index contributed by atoms with van der Waals surface area (Å²) in [6.07, 6.45) is 2.06. The number of hydrogen-bond acceptors (Lipinski definition) is 6. The van der Waals surface area contributed by atoms with Crippen LogP contribution in [0.25, 0.3) is 11.3 Å². The van der Waals surface area contributed by atoms with Gasteiger partial charge < -0.3 is 20.7 Å². The molecule has 9 heteroatoms. The molecule has 2 amide bonds. The number of rotatable bonds is 4. The molecule has 30 heavy (non-hydrogen) atoms. The van der Waals surface area contributed by atoms with Crippen molar-refractivity contribution >= 4 is 17.7 Å². The molecular weight excluding hydrogens is 384 g/mol. The number of hydrogen-bond donors (Lipinski definition) is 2. The van der Waals surface area contributed by atoms with E-state index in [0.29, 0.717) is 25.2 Å². The summed E-state index contributed by atoms with van der Waals surface area (Å²) in [7, 11) is 0. The topological polar surface area (TPSA) is 115 Å². The first-order valence-corrected chi connectivity index (χ1v) is 10.1. The number of amides is 2. The number of anilines is 1. The number of nitrogens with two attached hydrogens (primary N) is 1. The molecule has 1 aliphatic heterocycles. The molecule has 3 rings (SSSR count). The molecule has 0 fully saturated rings. The van der Waals surface area contributed by atoms with Gasteiger partial charge in [0.05, 0.1) is 12.7 Å². The number of nitrogens with zero attached hydrogens (tertiary/aromatic N) is 4. The molecule has 1 aliphatic rings. The van der Waals surface area contributed by atoms with Crippen molar-refractivity contribution in [3.8, 4) is 11.3 Å². The van der Waals surface area contributed by atoms with Gasteiger partial charge in [-0.3, -0.25) is 9.48 Å². The molecule has 0 unspecified atom stereocenters. The summed E-state index contributed by atoms with van der Waals surface area (Å²) in [6.45, 7) is 9.87. The minimum absolute atomic E-state index is 0.00633. The lowest BCUT2D eigenvalue weighted by Gasteiger charge is -2.37. The van der Waals surface area contributed by atoms with E-state index in [2.05, 4.69) is 15.6 Å². The van der Waals surface area contributed by atoms with E-state index in [1.807, 2.05) is 52.1 Å².